The van der Waals surface area contributed by atoms with E-state index in [9.17, 15) is 0 Å². The molecular formula is C49H34N4O. The van der Waals surface area contributed by atoms with Crippen LogP contribution in [0.2, 0.25) is 0 Å². The van der Waals surface area contributed by atoms with Gasteiger partial charge in [-0.1, -0.05) is 133 Å². The van der Waals surface area contributed by atoms with Crippen molar-refractivity contribution >= 4 is 5.69 Å². The van der Waals surface area contributed by atoms with Crippen molar-refractivity contribution in [3.63, 3.8) is 0 Å². The number of aromatic nitrogens is 3. The van der Waals surface area contributed by atoms with E-state index >= 15 is 0 Å². The second kappa shape index (κ2) is 13.4. The lowest BCUT2D eigenvalue weighted by Crippen LogP contribution is -2.29. The average molecular weight is 695 g/mol. The van der Waals surface area contributed by atoms with Crippen molar-refractivity contribution in [3.05, 3.63) is 187 Å². The molecule has 0 fully saturated rings. The highest BCUT2D eigenvalue weighted by atomic mass is 16.5. The van der Waals surface area contributed by atoms with E-state index in [1.54, 1.807) is 0 Å². The van der Waals surface area contributed by atoms with Gasteiger partial charge in [0.15, 0.2) is 23.2 Å². The molecule has 0 spiro atoms. The SMILES string of the molecule is [C-]#[N+]c1ccc2c(c1)C(C)(C)Oc1c(-c3nc(-c4cccc(-c5ccccc5)c4)nc(-c4cc(-c5ccccc5)cc(-c5ccccc5)c4)n3)cccc1-2. The molecule has 2 heterocycles. The maximum atomic E-state index is 7.61. The topological polar surface area (TPSA) is 52.3 Å². The lowest BCUT2D eigenvalue weighted by Gasteiger charge is -2.36. The van der Waals surface area contributed by atoms with Crippen molar-refractivity contribution in [2.45, 2.75) is 19.4 Å². The van der Waals surface area contributed by atoms with Crippen LogP contribution in [0.15, 0.2) is 170 Å². The van der Waals surface area contributed by atoms with Crippen LogP contribution in [0.5, 0.6) is 5.75 Å². The molecule has 0 amide bonds. The van der Waals surface area contributed by atoms with Crippen LogP contribution < -0.4 is 4.74 Å². The lowest BCUT2D eigenvalue weighted by molar-refractivity contribution is 0.106. The highest BCUT2D eigenvalue weighted by Gasteiger charge is 2.35. The summed E-state index contributed by atoms with van der Waals surface area (Å²) in [7, 11) is 0. The molecule has 0 aliphatic carbocycles. The van der Waals surface area contributed by atoms with Crippen LogP contribution in [0.3, 0.4) is 0 Å². The van der Waals surface area contributed by atoms with Gasteiger partial charge in [0, 0.05) is 16.7 Å². The normalized spacial score (nSPS) is 12.5. The van der Waals surface area contributed by atoms with Crippen molar-refractivity contribution in [1.82, 2.24) is 15.0 Å². The molecule has 0 bridgehead atoms. The van der Waals surface area contributed by atoms with E-state index in [0.29, 0.717) is 28.9 Å². The van der Waals surface area contributed by atoms with Crippen LogP contribution in [0.1, 0.15) is 19.4 Å². The van der Waals surface area contributed by atoms with Gasteiger partial charge in [0.2, 0.25) is 0 Å². The molecule has 8 aromatic rings. The van der Waals surface area contributed by atoms with Gasteiger partial charge in [0.1, 0.15) is 11.4 Å². The monoisotopic (exact) mass is 694 g/mol. The van der Waals surface area contributed by atoms with Crippen LogP contribution in [-0.4, -0.2) is 15.0 Å². The molecule has 54 heavy (non-hydrogen) atoms. The third-order valence-corrected chi connectivity index (χ3v) is 9.95. The van der Waals surface area contributed by atoms with Crippen molar-refractivity contribution in [2.24, 2.45) is 0 Å². The third-order valence-electron chi connectivity index (χ3n) is 9.95. The van der Waals surface area contributed by atoms with Crippen molar-refractivity contribution in [1.29, 1.82) is 0 Å². The Hall–Kier alpha value is -7.16. The minimum Gasteiger partial charge on any atom is -0.482 e. The van der Waals surface area contributed by atoms with E-state index in [1.165, 1.54) is 0 Å². The predicted octanol–water partition coefficient (Wildman–Crippen LogP) is 12.7. The summed E-state index contributed by atoms with van der Waals surface area (Å²) in [5.74, 6) is 2.34. The average Bonchev–Trinajstić information content (AvgIpc) is 3.24. The van der Waals surface area contributed by atoms with Gasteiger partial charge in [-0.3, -0.25) is 0 Å². The molecule has 256 valence electrons. The van der Waals surface area contributed by atoms with Crippen LogP contribution in [0, 0.1) is 6.57 Å². The number of hydrogen-bond acceptors (Lipinski definition) is 4. The molecule has 7 aromatic carbocycles. The zero-order valence-corrected chi connectivity index (χ0v) is 29.9. The van der Waals surface area contributed by atoms with Gasteiger partial charge in [-0.2, -0.15) is 0 Å². The van der Waals surface area contributed by atoms with E-state index in [1.807, 2.05) is 74.5 Å². The zero-order valence-electron chi connectivity index (χ0n) is 29.9. The molecule has 0 unspecified atom stereocenters. The van der Waals surface area contributed by atoms with Gasteiger partial charge >= 0.3 is 0 Å². The standard InChI is InChI=1S/C49H34N4O/c1-49(2)44-31-40(50-3)25-26-41(44)42-23-14-24-43(45(42)54-49)48-52-46(36-22-13-21-35(27-36)32-15-7-4-8-16-32)51-47(53-48)39-29-37(33-17-9-5-10-18-33)28-38(30-39)34-19-11-6-12-20-34/h4-31H,1-2H3. The second-order valence-corrected chi connectivity index (χ2v) is 13.9. The first-order chi connectivity index (χ1) is 26.4. The fourth-order valence-electron chi connectivity index (χ4n) is 7.25. The highest BCUT2D eigenvalue weighted by Crippen LogP contribution is 2.50. The Morgan fingerprint density at radius 3 is 1.54 bits per heavy atom. The summed E-state index contributed by atoms with van der Waals surface area (Å²) in [6, 6.07) is 58.0. The molecule has 0 N–H and O–H groups in total. The number of para-hydroxylation sites is 1. The van der Waals surface area contributed by atoms with Gasteiger partial charge in [-0.05, 0) is 94.8 Å². The third kappa shape index (κ3) is 6.10. The van der Waals surface area contributed by atoms with E-state index in [0.717, 1.165) is 66.8 Å². The smallest absolute Gasteiger partial charge is 0.187 e. The summed E-state index contributed by atoms with van der Waals surface area (Å²) in [5, 5.41) is 0. The van der Waals surface area contributed by atoms with Gasteiger partial charge in [-0.15, -0.1) is 0 Å². The molecule has 5 heteroatoms. The number of nitrogens with zero attached hydrogens (tertiary/aromatic N) is 4. The summed E-state index contributed by atoms with van der Waals surface area (Å²) >= 11 is 0. The summed E-state index contributed by atoms with van der Waals surface area (Å²) in [5.41, 5.74) is 11.9. The highest BCUT2D eigenvalue weighted by molar-refractivity contribution is 5.86. The zero-order chi connectivity index (χ0) is 36.6. The maximum Gasteiger partial charge on any atom is 0.187 e. The van der Waals surface area contributed by atoms with Crippen molar-refractivity contribution in [2.75, 3.05) is 0 Å². The van der Waals surface area contributed by atoms with E-state index in [4.69, 9.17) is 26.3 Å². The minimum atomic E-state index is -0.698. The van der Waals surface area contributed by atoms with E-state index in [2.05, 4.69) is 114 Å². The first-order valence-electron chi connectivity index (χ1n) is 18.0. The number of fused-ring (bicyclic) bond motifs is 3. The first kappa shape index (κ1) is 32.7. The Balaban J connectivity index is 1.28. The lowest BCUT2D eigenvalue weighted by atomic mass is 9.85. The molecule has 0 radical (unpaired) electrons. The first-order valence-corrected chi connectivity index (χ1v) is 18.0. The molecule has 0 atom stereocenters. The van der Waals surface area contributed by atoms with Crippen molar-refractivity contribution < 1.29 is 4.74 Å². The fraction of sp³-hybridized carbons (Fsp3) is 0.0612. The summed E-state index contributed by atoms with van der Waals surface area (Å²) in [6.45, 7) is 11.7. The van der Waals surface area contributed by atoms with Gasteiger partial charge in [-0.25, -0.2) is 19.8 Å². The molecule has 1 aliphatic rings. The Morgan fingerprint density at radius 2 is 0.907 bits per heavy atom. The van der Waals surface area contributed by atoms with Gasteiger partial charge < -0.3 is 4.74 Å². The Labute approximate surface area is 315 Å². The van der Waals surface area contributed by atoms with Crippen LogP contribution >= 0.6 is 0 Å². The number of benzene rings is 7. The Morgan fingerprint density at radius 1 is 0.426 bits per heavy atom. The number of ether oxygens (including phenoxy) is 1. The molecule has 1 aromatic heterocycles. The summed E-state index contributed by atoms with van der Waals surface area (Å²) in [4.78, 5) is 19.3. The second-order valence-electron chi connectivity index (χ2n) is 13.9. The molecule has 5 nitrogen and oxygen atoms in total. The quantitative estimate of drug-likeness (QED) is 0.163. The summed E-state index contributed by atoms with van der Waals surface area (Å²) < 4.78 is 6.85. The molecule has 0 saturated carbocycles. The Bertz CT molecular complexity index is 2660. The van der Waals surface area contributed by atoms with Gasteiger partial charge in [0.25, 0.3) is 0 Å². The maximum absolute atomic E-state index is 7.61. The van der Waals surface area contributed by atoms with Crippen LogP contribution in [0.4, 0.5) is 5.69 Å². The largest absolute Gasteiger partial charge is 0.482 e. The summed E-state index contributed by atoms with van der Waals surface area (Å²) in [6.07, 6.45) is 0. The molecule has 1 aliphatic heterocycles. The number of hydrogen-bond donors (Lipinski definition) is 0. The molecule has 0 saturated heterocycles. The van der Waals surface area contributed by atoms with Crippen LogP contribution in [0.25, 0.3) is 83.5 Å². The Kier molecular flexibility index (Phi) is 8.14. The van der Waals surface area contributed by atoms with E-state index in [-0.39, 0.29) is 0 Å². The number of rotatable bonds is 6. The predicted molar refractivity (Wildman–Crippen MR) is 218 cm³/mol. The molecular weight excluding hydrogens is 661 g/mol. The van der Waals surface area contributed by atoms with E-state index < -0.39 is 5.60 Å². The van der Waals surface area contributed by atoms with Crippen molar-refractivity contribution in [3.8, 4) is 84.4 Å². The minimum absolute atomic E-state index is 0.514. The fourth-order valence-corrected chi connectivity index (χ4v) is 7.25. The van der Waals surface area contributed by atoms with Crippen LogP contribution in [-0.2, 0) is 5.60 Å². The van der Waals surface area contributed by atoms with Gasteiger partial charge in [0.05, 0.1) is 12.1 Å². The molecule has 9 rings (SSSR count).